The molecule has 0 spiro atoms. The third kappa shape index (κ3) is 4.09. The van der Waals surface area contributed by atoms with Gasteiger partial charge in [0.2, 0.25) is 5.91 Å². The Hall–Kier alpha value is -3.08. The summed E-state index contributed by atoms with van der Waals surface area (Å²) in [6.07, 6.45) is 3.93. The zero-order chi connectivity index (χ0) is 19.3. The fourth-order valence-electron chi connectivity index (χ4n) is 3.71. The average molecular weight is 375 g/mol. The third-order valence-electron chi connectivity index (χ3n) is 5.17. The van der Waals surface area contributed by atoms with E-state index in [0.717, 1.165) is 30.8 Å². The van der Waals surface area contributed by atoms with Gasteiger partial charge in [-0.1, -0.05) is 24.3 Å². The van der Waals surface area contributed by atoms with Crippen molar-refractivity contribution in [3.05, 3.63) is 84.1 Å². The maximum Gasteiger partial charge on any atom is 0.228 e. The zero-order valence-electron chi connectivity index (χ0n) is 15.6. The Kier molecular flexibility index (Phi) is 5.42. The van der Waals surface area contributed by atoms with Crippen molar-refractivity contribution < 1.29 is 9.18 Å². The van der Waals surface area contributed by atoms with Gasteiger partial charge in [-0.3, -0.25) is 14.8 Å². The van der Waals surface area contributed by atoms with E-state index in [1.807, 2.05) is 47.4 Å². The fraction of sp³-hybridized carbons (Fsp3) is 0.261. The van der Waals surface area contributed by atoms with E-state index in [4.69, 9.17) is 4.98 Å². The highest BCUT2D eigenvalue weighted by Crippen LogP contribution is 2.28. The first-order chi connectivity index (χ1) is 13.7. The molecule has 0 N–H and O–H groups in total. The number of pyridine rings is 2. The molecule has 1 aliphatic heterocycles. The molecule has 4 nitrogen and oxygen atoms in total. The summed E-state index contributed by atoms with van der Waals surface area (Å²) in [6, 6.07) is 18.0. The second-order valence-electron chi connectivity index (χ2n) is 7.10. The summed E-state index contributed by atoms with van der Waals surface area (Å²) in [7, 11) is 0. The van der Waals surface area contributed by atoms with Gasteiger partial charge in [0.25, 0.3) is 0 Å². The van der Waals surface area contributed by atoms with Gasteiger partial charge in [-0.05, 0) is 49.2 Å². The van der Waals surface area contributed by atoms with Gasteiger partial charge in [-0.25, -0.2) is 4.39 Å². The quantitative estimate of drug-likeness (QED) is 0.685. The number of aromatic nitrogens is 2. The van der Waals surface area contributed by atoms with Gasteiger partial charge in [-0.2, -0.15) is 0 Å². The number of nitrogens with zero attached hydrogens (tertiary/aromatic N) is 3. The molecule has 0 unspecified atom stereocenters. The van der Waals surface area contributed by atoms with Crippen LogP contribution in [0.4, 0.5) is 4.39 Å². The fourth-order valence-corrected chi connectivity index (χ4v) is 3.71. The van der Waals surface area contributed by atoms with E-state index < -0.39 is 0 Å². The lowest BCUT2D eigenvalue weighted by molar-refractivity contribution is -0.131. The minimum Gasteiger partial charge on any atom is -0.342 e. The van der Waals surface area contributed by atoms with E-state index in [9.17, 15) is 9.18 Å². The number of likely N-dealkylation sites (tertiary alicyclic amines) is 1. The molecule has 0 aliphatic carbocycles. The molecule has 3 aromatic rings. The summed E-state index contributed by atoms with van der Waals surface area (Å²) in [6.45, 7) is 1.40. The molecule has 1 aliphatic rings. The van der Waals surface area contributed by atoms with E-state index in [2.05, 4.69) is 4.98 Å². The van der Waals surface area contributed by atoms with Crippen LogP contribution in [0.25, 0.3) is 11.3 Å². The minimum absolute atomic E-state index is 0.0914. The van der Waals surface area contributed by atoms with Gasteiger partial charge >= 0.3 is 0 Å². The van der Waals surface area contributed by atoms with Crippen LogP contribution in [-0.2, 0) is 11.2 Å². The molecule has 0 bridgehead atoms. The van der Waals surface area contributed by atoms with Crippen molar-refractivity contribution in [3.63, 3.8) is 0 Å². The summed E-state index contributed by atoms with van der Waals surface area (Å²) in [5, 5.41) is 0. The molecule has 0 radical (unpaired) electrons. The molecule has 1 saturated heterocycles. The third-order valence-corrected chi connectivity index (χ3v) is 5.17. The van der Waals surface area contributed by atoms with Crippen LogP contribution in [-0.4, -0.2) is 33.9 Å². The van der Waals surface area contributed by atoms with Crippen molar-refractivity contribution in [2.45, 2.75) is 25.2 Å². The molecule has 2 aromatic heterocycles. The normalized spacial score (nSPS) is 16.8. The highest BCUT2D eigenvalue weighted by atomic mass is 19.1. The van der Waals surface area contributed by atoms with Gasteiger partial charge < -0.3 is 4.90 Å². The van der Waals surface area contributed by atoms with E-state index in [1.54, 1.807) is 18.3 Å². The number of carbonyl (C=O) groups excluding carboxylic acids is 1. The topological polar surface area (TPSA) is 46.1 Å². The summed E-state index contributed by atoms with van der Waals surface area (Å²) in [5.41, 5.74) is 2.83. The predicted molar refractivity (Wildman–Crippen MR) is 106 cm³/mol. The van der Waals surface area contributed by atoms with Crippen LogP contribution in [0.2, 0.25) is 0 Å². The van der Waals surface area contributed by atoms with E-state index in [-0.39, 0.29) is 17.6 Å². The van der Waals surface area contributed by atoms with Gasteiger partial charge in [-0.15, -0.1) is 0 Å². The molecule has 0 saturated carbocycles. The molecule has 1 amide bonds. The van der Waals surface area contributed by atoms with Crippen molar-refractivity contribution in [1.82, 2.24) is 14.9 Å². The van der Waals surface area contributed by atoms with E-state index in [1.165, 1.54) is 6.07 Å². The number of piperidine rings is 1. The summed E-state index contributed by atoms with van der Waals surface area (Å²) in [4.78, 5) is 23.6. The first-order valence-corrected chi connectivity index (χ1v) is 9.60. The SMILES string of the molecule is O=C(Cc1ccccn1)N1CCC[C@@H](c2cccc(-c3ccccc3F)n2)C1. The Morgan fingerprint density at radius 1 is 1.07 bits per heavy atom. The summed E-state index contributed by atoms with van der Waals surface area (Å²) < 4.78 is 14.1. The smallest absolute Gasteiger partial charge is 0.228 e. The summed E-state index contributed by atoms with van der Waals surface area (Å²) >= 11 is 0. The predicted octanol–water partition coefficient (Wildman–Crippen LogP) is 4.23. The van der Waals surface area contributed by atoms with Gasteiger partial charge in [0.15, 0.2) is 0 Å². The van der Waals surface area contributed by atoms with Crippen LogP contribution in [0, 0.1) is 5.82 Å². The standard InChI is InChI=1S/C23H22FN3O/c24-20-10-2-1-9-19(20)22-12-5-11-21(26-22)17-7-6-14-27(16-17)23(28)15-18-8-3-4-13-25-18/h1-5,8-13,17H,6-7,14-16H2/t17-/m1/s1. The zero-order valence-corrected chi connectivity index (χ0v) is 15.6. The van der Waals surface area contributed by atoms with Crippen molar-refractivity contribution >= 4 is 5.91 Å². The molecule has 1 fully saturated rings. The molecular formula is C23H22FN3O. The number of rotatable bonds is 4. The number of hydrogen-bond acceptors (Lipinski definition) is 3. The molecule has 28 heavy (non-hydrogen) atoms. The Morgan fingerprint density at radius 2 is 1.93 bits per heavy atom. The van der Waals surface area contributed by atoms with Gasteiger partial charge in [0.05, 0.1) is 12.1 Å². The molecule has 142 valence electrons. The molecule has 1 aromatic carbocycles. The highest BCUT2D eigenvalue weighted by molar-refractivity contribution is 5.78. The lowest BCUT2D eigenvalue weighted by Gasteiger charge is -2.32. The number of benzene rings is 1. The Morgan fingerprint density at radius 3 is 2.75 bits per heavy atom. The van der Waals surface area contributed by atoms with Crippen LogP contribution in [0.1, 0.15) is 30.1 Å². The summed E-state index contributed by atoms with van der Waals surface area (Å²) in [5.74, 6) is -0.0234. The molecule has 3 heterocycles. The van der Waals surface area contributed by atoms with E-state index in [0.29, 0.717) is 24.2 Å². The first-order valence-electron chi connectivity index (χ1n) is 9.60. The van der Waals surface area contributed by atoms with Crippen molar-refractivity contribution in [3.8, 4) is 11.3 Å². The Balaban J connectivity index is 1.50. The van der Waals surface area contributed by atoms with Gasteiger partial charge in [0, 0.05) is 42.2 Å². The van der Waals surface area contributed by atoms with Crippen molar-refractivity contribution in [2.24, 2.45) is 0 Å². The second-order valence-corrected chi connectivity index (χ2v) is 7.10. The first kappa shape index (κ1) is 18.3. The Bertz CT molecular complexity index is 961. The van der Waals surface area contributed by atoms with Crippen LogP contribution in [0.15, 0.2) is 66.9 Å². The van der Waals surface area contributed by atoms with Crippen LogP contribution in [0.5, 0.6) is 0 Å². The monoisotopic (exact) mass is 375 g/mol. The minimum atomic E-state index is -0.275. The lowest BCUT2D eigenvalue weighted by atomic mass is 9.93. The largest absolute Gasteiger partial charge is 0.342 e. The number of halogens is 1. The highest BCUT2D eigenvalue weighted by Gasteiger charge is 2.26. The van der Waals surface area contributed by atoms with Crippen LogP contribution < -0.4 is 0 Å². The van der Waals surface area contributed by atoms with Crippen molar-refractivity contribution in [1.29, 1.82) is 0 Å². The van der Waals surface area contributed by atoms with Crippen LogP contribution in [0.3, 0.4) is 0 Å². The number of hydrogen-bond donors (Lipinski definition) is 0. The molecule has 4 rings (SSSR count). The average Bonchev–Trinajstić information content (AvgIpc) is 2.75. The number of amides is 1. The molecular weight excluding hydrogens is 353 g/mol. The maximum absolute atomic E-state index is 14.1. The Labute approximate surface area is 164 Å². The molecule has 1 atom stereocenters. The van der Waals surface area contributed by atoms with Crippen molar-refractivity contribution in [2.75, 3.05) is 13.1 Å². The second kappa shape index (κ2) is 8.30. The van der Waals surface area contributed by atoms with Crippen LogP contribution >= 0.6 is 0 Å². The van der Waals surface area contributed by atoms with Gasteiger partial charge in [0.1, 0.15) is 5.82 Å². The van der Waals surface area contributed by atoms with E-state index >= 15 is 0 Å². The number of carbonyl (C=O) groups is 1. The lowest BCUT2D eigenvalue weighted by Crippen LogP contribution is -2.40. The molecule has 5 heteroatoms. The maximum atomic E-state index is 14.1.